The van der Waals surface area contributed by atoms with E-state index in [1.165, 1.54) is 0 Å². The summed E-state index contributed by atoms with van der Waals surface area (Å²) in [4.78, 5) is 21.9. The van der Waals surface area contributed by atoms with Gasteiger partial charge in [-0.15, -0.1) is 0 Å². The second-order valence-corrected chi connectivity index (χ2v) is 6.56. The number of benzene rings is 1. The molecule has 27 heavy (non-hydrogen) atoms. The van der Waals surface area contributed by atoms with E-state index in [1.54, 1.807) is 7.05 Å². The van der Waals surface area contributed by atoms with Crippen LogP contribution in [0.3, 0.4) is 0 Å². The van der Waals surface area contributed by atoms with Gasteiger partial charge in [0.1, 0.15) is 17.7 Å². The van der Waals surface area contributed by atoms with E-state index < -0.39 is 0 Å². The molecule has 1 N–H and O–H groups in total. The van der Waals surface area contributed by atoms with Crippen molar-refractivity contribution in [1.82, 2.24) is 9.88 Å². The number of allylic oxidation sites excluding steroid dienone is 1. The number of nitrogens with one attached hydrogen (secondary N) is 1. The van der Waals surface area contributed by atoms with Crippen LogP contribution < -0.4 is 0 Å². The molecule has 140 valence electrons. The van der Waals surface area contributed by atoms with E-state index in [0.717, 1.165) is 30.2 Å². The number of nitriles is 1. The summed E-state index contributed by atoms with van der Waals surface area (Å²) in [6.07, 6.45) is 5.85. The topological polar surface area (TPSA) is 81.5 Å². The van der Waals surface area contributed by atoms with E-state index in [1.807, 2.05) is 48.4 Å². The summed E-state index contributed by atoms with van der Waals surface area (Å²) >= 11 is 0. The van der Waals surface area contributed by atoms with Gasteiger partial charge in [-0.1, -0.05) is 19.1 Å². The van der Waals surface area contributed by atoms with Gasteiger partial charge >= 0.3 is 0 Å². The monoisotopic (exact) mass is 364 g/mol. The Labute approximate surface area is 159 Å². The highest BCUT2D eigenvalue weighted by atomic mass is 16.5. The molecule has 1 aromatic heterocycles. The van der Waals surface area contributed by atoms with E-state index in [-0.39, 0.29) is 12.0 Å². The van der Waals surface area contributed by atoms with E-state index in [4.69, 9.17) is 4.74 Å². The molecule has 3 rings (SSSR count). The van der Waals surface area contributed by atoms with Crippen molar-refractivity contribution in [2.75, 3.05) is 20.1 Å². The van der Waals surface area contributed by atoms with E-state index >= 15 is 0 Å². The molecule has 0 bridgehead atoms. The third-order valence-electron chi connectivity index (χ3n) is 4.77. The van der Waals surface area contributed by atoms with Crippen LogP contribution in [0, 0.1) is 11.3 Å². The van der Waals surface area contributed by atoms with Crippen molar-refractivity contribution in [2.45, 2.75) is 32.3 Å². The number of aromatic nitrogens is 1. The van der Waals surface area contributed by atoms with Crippen LogP contribution in [0.15, 0.2) is 47.1 Å². The third-order valence-corrected chi connectivity index (χ3v) is 4.77. The van der Waals surface area contributed by atoms with E-state index in [2.05, 4.69) is 16.0 Å². The number of likely N-dealkylation sites (tertiary alicyclic amines) is 1. The molecule has 1 aliphatic heterocycles. The zero-order valence-electron chi connectivity index (χ0n) is 15.7. The first-order chi connectivity index (χ1) is 13.2. The number of carbonyl (C=O) groups is 1. The van der Waals surface area contributed by atoms with Gasteiger partial charge in [-0.3, -0.25) is 9.79 Å². The predicted octanol–water partition coefficient (Wildman–Crippen LogP) is 3.68. The highest BCUT2D eigenvalue weighted by molar-refractivity contribution is 5.98. The first-order valence-electron chi connectivity index (χ1n) is 9.26. The molecule has 2 aromatic rings. The quantitative estimate of drug-likeness (QED) is 0.510. The highest BCUT2D eigenvalue weighted by Gasteiger charge is 2.26. The number of ether oxygens (including phenoxy) is 1. The van der Waals surface area contributed by atoms with Gasteiger partial charge in [0.05, 0.1) is 0 Å². The average molecular weight is 364 g/mol. The fourth-order valence-electron chi connectivity index (χ4n) is 3.32. The zero-order valence-corrected chi connectivity index (χ0v) is 15.7. The van der Waals surface area contributed by atoms with Crippen molar-refractivity contribution in [2.24, 2.45) is 4.99 Å². The van der Waals surface area contributed by atoms with Crippen LogP contribution in [0.4, 0.5) is 0 Å². The van der Waals surface area contributed by atoms with Crippen molar-refractivity contribution < 1.29 is 9.53 Å². The van der Waals surface area contributed by atoms with Gasteiger partial charge in [-0.25, -0.2) is 0 Å². The Balaban J connectivity index is 1.60. The van der Waals surface area contributed by atoms with E-state index in [9.17, 15) is 10.1 Å². The zero-order chi connectivity index (χ0) is 19.2. The van der Waals surface area contributed by atoms with Gasteiger partial charge in [0.2, 0.25) is 5.90 Å². The fraction of sp³-hybridized carbons (Fsp3) is 0.381. The Kier molecular flexibility index (Phi) is 5.92. The molecule has 1 aromatic carbocycles. The van der Waals surface area contributed by atoms with Crippen LogP contribution in [0.25, 0.3) is 10.9 Å². The Morgan fingerprint density at radius 2 is 2.19 bits per heavy atom. The number of carbonyl (C=O) groups excluding carboxylic acids is 1. The second-order valence-electron chi connectivity index (χ2n) is 6.56. The number of fused-ring (bicyclic) bond motifs is 1. The molecular formula is C21H24N4O2. The Morgan fingerprint density at radius 1 is 1.41 bits per heavy atom. The molecule has 6 heteroatoms. The van der Waals surface area contributed by atoms with Gasteiger partial charge in [-0.2, -0.15) is 5.26 Å². The number of amides is 1. The number of aromatic amines is 1. The van der Waals surface area contributed by atoms with Crippen molar-refractivity contribution in [3.05, 3.63) is 47.7 Å². The maximum absolute atomic E-state index is 12.8. The van der Waals surface area contributed by atoms with Crippen molar-refractivity contribution in [3.63, 3.8) is 0 Å². The second kappa shape index (κ2) is 8.54. The normalized spacial score (nSPS) is 16.4. The van der Waals surface area contributed by atoms with Crippen LogP contribution in [-0.4, -0.2) is 47.9 Å². The molecule has 0 spiro atoms. The molecular weight excluding hydrogens is 340 g/mol. The summed E-state index contributed by atoms with van der Waals surface area (Å²) in [6.45, 7) is 3.23. The van der Waals surface area contributed by atoms with Crippen LogP contribution >= 0.6 is 0 Å². The molecule has 1 fully saturated rings. The molecule has 6 nitrogen and oxygen atoms in total. The van der Waals surface area contributed by atoms with Gasteiger partial charge in [0, 0.05) is 50.3 Å². The Morgan fingerprint density at radius 3 is 2.85 bits per heavy atom. The van der Waals surface area contributed by atoms with Gasteiger partial charge in [0.15, 0.2) is 0 Å². The Bertz CT molecular complexity index is 912. The molecule has 0 saturated carbocycles. The molecule has 1 amide bonds. The lowest BCUT2D eigenvalue weighted by atomic mass is 10.1. The number of H-pyrrole nitrogens is 1. The largest absolute Gasteiger partial charge is 0.474 e. The number of aliphatic imine (C=N–C) groups is 1. The van der Waals surface area contributed by atoms with Crippen molar-refractivity contribution in [1.29, 1.82) is 5.26 Å². The minimum atomic E-state index is -0.0350. The number of hydrogen-bond donors (Lipinski definition) is 1. The lowest BCUT2D eigenvalue weighted by Crippen LogP contribution is -2.41. The molecule has 0 unspecified atom stereocenters. The van der Waals surface area contributed by atoms with Gasteiger partial charge in [-0.05, 0) is 30.0 Å². The third kappa shape index (κ3) is 4.20. The summed E-state index contributed by atoms with van der Waals surface area (Å²) in [7, 11) is 1.63. The Hall–Kier alpha value is -3.07. The minimum Gasteiger partial charge on any atom is -0.474 e. The molecule has 0 aliphatic carbocycles. The highest BCUT2D eigenvalue weighted by Crippen LogP contribution is 2.20. The molecule has 1 saturated heterocycles. The van der Waals surface area contributed by atoms with Crippen LogP contribution in [0.5, 0.6) is 0 Å². The minimum absolute atomic E-state index is 0.0350. The smallest absolute Gasteiger partial charge is 0.253 e. The summed E-state index contributed by atoms with van der Waals surface area (Å²) in [5.41, 5.74) is 2.13. The number of piperidine rings is 1. The first-order valence-corrected chi connectivity index (χ1v) is 9.26. The first kappa shape index (κ1) is 18.7. The van der Waals surface area contributed by atoms with Gasteiger partial charge < -0.3 is 14.6 Å². The maximum Gasteiger partial charge on any atom is 0.253 e. The van der Waals surface area contributed by atoms with E-state index in [0.29, 0.717) is 30.1 Å². The van der Waals surface area contributed by atoms with Gasteiger partial charge in [0.25, 0.3) is 5.91 Å². The number of nitrogens with zero attached hydrogens (tertiary/aromatic N) is 3. The molecule has 2 heterocycles. The lowest BCUT2D eigenvalue weighted by Gasteiger charge is -2.32. The summed E-state index contributed by atoms with van der Waals surface area (Å²) in [5, 5.41) is 10.3. The van der Waals surface area contributed by atoms with Crippen LogP contribution in [0.1, 0.15) is 36.5 Å². The predicted molar refractivity (Wildman–Crippen MR) is 106 cm³/mol. The molecule has 1 aliphatic rings. The summed E-state index contributed by atoms with van der Waals surface area (Å²) in [6, 6.07) is 9.86. The molecule has 0 atom stereocenters. The van der Waals surface area contributed by atoms with Crippen molar-refractivity contribution in [3.8, 4) is 6.07 Å². The summed E-state index contributed by atoms with van der Waals surface area (Å²) < 4.78 is 5.94. The standard InChI is InChI=1S/C21H24N4O2/c1-3-4-17(14-22)20(23-2)27-18-8-11-25(12-9-18)21(26)16-6-5-15-7-10-24-19(15)13-16/h4-7,10,13,18,24H,3,8-9,11-12H2,1-2H3/b17-4-,23-20?. The average Bonchev–Trinajstić information content (AvgIpc) is 3.18. The SMILES string of the molecule is CC/C=C(/C#N)C(=NC)OC1CCN(C(=O)c2ccc3cc[nH]c3c2)CC1. The molecule has 0 radical (unpaired) electrons. The number of rotatable bonds is 4. The fourth-order valence-corrected chi connectivity index (χ4v) is 3.32. The van der Waals surface area contributed by atoms with Crippen LogP contribution in [0.2, 0.25) is 0 Å². The summed E-state index contributed by atoms with van der Waals surface area (Å²) in [5.74, 6) is 0.430. The van der Waals surface area contributed by atoms with Crippen molar-refractivity contribution >= 4 is 22.7 Å². The lowest BCUT2D eigenvalue weighted by molar-refractivity contribution is 0.0576. The maximum atomic E-state index is 12.8. The number of hydrogen-bond acceptors (Lipinski definition) is 4. The van der Waals surface area contributed by atoms with Crippen LogP contribution in [-0.2, 0) is 4.74 Å².